The quantitative estimate of drug-likeness (QED) is 0.734. The highest BCUT2D eigenvalue weighted by Crippen LogP contribution is 2.18. The molecule has 0 aliphatic carbocycles. The fraction of sp³-hybridized carbons (Fsp3) is 0.308. The van der Waals surface area contributed by atoms with Crippen LogP contribution in [0.15, 0.2) is 32.0 Å². The summed E-state index contributed by atoms with van der Waals surface area (Å²) in [7, 11) is -3.73. The van der Waals surface area contributed by atoms with Gasteiger partial charge in [0.25, 0.3) is 5.56 Å². The number of sulfonamides is 1. The number of hydrogen-bond donors (Lipinski definition) is 1. The molecule has 0 radical (unpaired) electrons. The van der Waals surface area contributed by atoms with Gasteiger partial charge < -0.3 is 4.52 Å². The summed E-state index contributed by atoms with van der Waals surface area (Å²) in [6.45, 7) is 3.34. The maximum atomic E-state index is 12.3. The van der Waals surface area contributed by atoms with Crippen molar-refractivity contribution in [3.8, 4) is 0 Å². The van der Waals surface area contributed by atoms with Crippen molar-refractivity contribution in [3.05, 3.63) is 39.6 Å². The zero-order chi connectivity index (χ0) is 16.6. The fourth-order valence-corrected chi connectivity index (χ4v) is 4.41. The summed E-state index contributed by atoms with van der Waals surface area (Å²) in [5.74, 6) is 0.230. The molecule has 0 atom stereocenters. The van der Waals surface area contributed by atoms with Crippen molar-refractivity contribution in [3.63, 3.8) is 0 Å². The number of fused-ring (bicyclic) bond motifs is 1. The lowest BCUT2D eigenvalue weighted by molar-refractivity contribution is 0.390. The van der Waals surface area contributed by atoms with Gasteiger partial charge in [-0.3, -0.25) is 9.36 Å². The predicted octanol–water partition coefficient (Wildman–Crippen LogP) is 1.04. The van der Waals surface area contributed by atoms with E-state index in [0.29, 0.717) is 15.9 Å². The minimum atomic E-state index is -3.73. The first-order valence-electron chi connectivity index (χ1n) is 6.75. The van der Waals surface area contributed by atoms with Gasteiger partial charge in [-0.15, -0.1) is 11.3 Å². The largest absolute Gasteiger partial charge is 0.360 e. The van der Waals surface area contributed by atoms with E-state index in [9.17, 15) is 13.2 Å². The van der Waals surface area contributed by atoms with Crippen LogP contribution in [0, 0.1) is 13.8 Å². The number of aryl methyl sites for hydroxylation is 2. The minimum Gasteiger partial charge on any atom is -0.360 e. The highest BCUT2D eigenvalue weighted by atomic mass is 32.2. The molecular formula is C13H14N4O4S2. The van der Waals surface area contributed by atoms with Crippen molar-refractivity contribution in [1.82, 2.24) is 19.4 Å². The lowest BCUT2D eigenvalue weighted by Gasteiger charge is -2.08. The summed E-state index contributed by atoms with van der Waals surface area (Å²) < 4.78 is 33.8. The van der Waals surface area contributed by atoms with Gasteiger partial charge in [0.2, 0.25) is 10.0 Å². The predicted molar refractivity (Wildman–Crippen MR) is 85.0 cm³/mol. The molecule has 8 nitrogen and oxygen atoms in total. The van der Waals surface area contributed by atoms with E-state index >= 15 is 0 Å². The molecule has 0 unspecified atom stereocenters. The third-order valence-corrected chi connectivity index (χ3v) is 5.91. The van der Waals surface area contributed by atoms with Crippen LogP contribution < -0.4 is 10.3 Å². The molecule has 0 spiro atoms. The monoisotopic (exact) mass is 354 g/mol. The maximum absolute atomic E-state index is 12.3. The molecule has 0 aromatic carbocycles. The van der Waals surface area contributed by atoms with Gasteiger partial charge in [-0.2, -0.15) is 0 Å². The summed E-state index contributed by atoms with van der Waals surface area (Å²) in [6, 6.07) is 1.77. The molecule has 3 heterocycles. The third-order valence-electron chi connectivity index (χ3n) is 3.32. The van der Waals surface area contributed by atoms with E-state index < -0.39 is 10.0 Å². The number of hydrogen-bond acceptors (Lipinski definition) is 7. The van der Waals surface area contributed by atoms with Crippen molar-refractivity contribution in [2.45, 2.75) is 25.3 Å². The van der Waals surface area contributed by atoms with E-state index in [1.54, 1.807) is 18.4 Å². The van der Waals surface area contributed by atoms with Crippen LogP contribution >= 0.6 is 11.3 Å². The Morgan fingerprint density at radius 1 is 1.39 bits per heavy atom. The van der Waals surface area contributed by atoms with Gasteiger partial charge in [0.15, 0.2) is 5.76 Å². The molecule has 23 heavy (non-hydrogen) atoms. The van der Waals surface area contributed by atoms with E-state index in [-0.39, 0.29) is 29.3 Å². The summed E-state index contributed by atoms with van der Waals surface area (Å²) >= 11 is 1.31. The van der Waals surface area contributed by atoms with Crippen molar-refractivity contribution < 1.29 is 12.9 Å². The second kappa shape index (κ2) is 5.87. The van der Waals surface area contributed by atoms with Crippen LogP contribution in [0.3, 0.4) is 0 Å². The topological polar surface area (TPSA) is 107 Å². The number of thiophene rings is 1. The van der Waals surface area contributed by atoms with Crippen LogP contribution in [0.5, 0.6) is 0 Å². The van der Waals surface area contributed by atoms with Crippen LogP contribution in [0.4, 0.5) is 0 Å². The highest BCUT2D eigenvalue weighted by molar-refractivity contribution is 7.89. The van der Waals surface area contributed by atoms with Crippen molar-refractivity contribution in [2.24, 2.45) is 0 Å². The van der Waals surface area contributed by atoms with Crippen LogP contribution in [0.1, 0.15) is 11.5 Å². The van der Waals surface area contributed by atoms with Gasteiger partial charge in [-0.1, -0.05) is 5.16 Å². The fourth-order valence-electron chi connectivity index (χ4n) is 2.27. The van der Waals surface area contributed by atoms with Gasteiger partial charge in [0.05, 0.1) is 11.8 Å². The second-order valence-corrected chi connectivity index (χ2v) is 7.55. The summed E-state index contributed by atoms with van der Waals surface area (Å²) in [5, 5.41) is 5.43. The molecule has 0 amide bonds. The Morgan fingerprint density at radius 2 is 2.17 bits per heavy atom. The molecular weight excluding hydrogens is 340 g/mol. The smallest absolute Gasteiger partial charge is 0.271 e. The Bertz CT molecular complexity index is 997. The van der Waals surface area contributed by atoms with Crippen molar-refractivity contribution >= 4 is 31.6 Å². The summed E-state index contributed by atoms with van der Waals surface area (Å²) in [4.78, 5) is 16.4. The molecule has 0 saturated heterocycles. The Balaban J connectivity index is 1.76. The molecule has 0 fully saturated rings. The van der Waals surface area contributed by atoms with Crippen molar-refractivity contribution in [2.75, 3.05) is 6.54 Å². The van der Waals surface area contributed by atoms with Gasteiger partial charge in [-0.25, -0.2) is 18.1 Å². The lowest BCUT2D eigenvalue weighted by Crippen LogP contribution is -2.31. The Kier molecular flexibility index (Phi) is 4.04. The van der Waals surface area contributed by atoms with E-state index in [1.807, 2.05) is 0 Å². The number of rotatable bonds is 5. The third kappa shape index (κ3) is 2.92. The Hall–Kier alpha value is -2.04. The molecule has 10 heteroatoms. The van der Waals surface area contributed by atoms with Gasteiger partial charge in [0, 0.05) is 13.1 Å². The average Bonchev–Trinajstić information content (AvgIpc) is 3.08. The number of aromatic nitrogens is 3. The van der Waals surface area contributed by atoms with Crippen LogP contribution in [0.2, 0.25) is 0 Å². The standard InChI is InChI=1S/C13H14N4O4S2/c1-8-12(9(2)21-16-8)23(19,20)15-4-5-17-7-14-10-3-6-22-11(10)13(17)18/h3,6-7,15H,4-5H2,1-2H3. The first kappa shape index (κ1) is 15.8. The molecule has 3 aromatic heterocycles. The summed E-state index contributed by atoms with van der Waals surface area (Å²) in [5.41, 5.74) is 0.767. The zero-order valence-electron chi connectivity index (χ0n) is 12.4. The minimum absolute atomic E-state index is 0.0386. The highest BCUT2D eigenvalue weighted by Gasteiger charge is 2.23. The maximum Gasteiger partial charge on any atom is 0.271 e. The van der Waals surface area contributed by atoms with Gasteiger partial charge >= 0.3 is 0 Å². The van der Waals surface area contributed by atoms with Gasteiger partial charge in [0.1, 0.15) is 15.3 Å². The Morgan fingerprint density at radius 3 is 2.87 bits per heavy atom. The molecule has 3 aromatic rings. The second-order valence-electron chi connectivity index (χ2n) is 4.93. The van der Waals surface area contributed by atoms with Crippen LogP contribution in [-0.4, -0.2) is 29.7 Å². The molecule has 0 saturated carbocycles. The van der Waals surface area contributed by atoms with Gasteiger partial charge in [-0.05, 0) is 25.3 Å². The lowest BCUT2D eigenvalue weighted by atomic mass is 10.4. The first-order chi connectivity index (χ1) is 10.9. The molecule has 0 aliphatic heterocycles. The Labute approximate surface area is 135 Å². The first-order valence-corrected chi connectivity index (χ1v) is 9.11. The molecule has 0 aliphatic rings. The molecule has 122 valence electrons. The average molecular weight is 354 g/mol. The SMILES string of the molecule is Cc1noc(C)c1S(=O)(=O)NCCn1cnc2ccsc2c1=O. The van der Waals surface area contributed by atoms with E-state index in [4.69, 9.17) is 4.52 Å². The number of nitrogens with one attached hydrogen (secondary N) is 1. The van der Waals surface area contributed by atoms with E-state index in [0.717, 1.165) is 0 Å². The van der Waals surface area contributed by atoms with Crippen LogP contribution in [-0.2, 0) is 16.6 Å². The summed E-state index contributed by atoms with van der Waals surface area (Å²) in [6.07, 6.45) is 1.42. The van der Waals surface area contributed by atoms with E-state index in [1.165, 1.54) is 29.2 Å². The van der Waals surface area contributed by atoms with Crippen molar-refractivity contribution in [1.29, 1.82) is 0 Å². The molecule has 3 rings (SSSR count). The molecule has 1 N–H and O–H groups in total. The van der Waals surface area contributed by atoms with Crippen LogP contribution in [0.25, 0.3) is 10.2 Å². The zero-order valence-corrected chi connectivity index (χ0v) is 14.1. The van der Waals surface area contributed by atoms with E-state index in [2.05, 4.69) is 14.9 Å². The molecule has 0 bridgehead atoms. The normalized spacial score (nSPS) is 12.1. The number of nitrogens with zero attached hydrogens (tertiary/aromatic N) is 3.